The van der Waals surface area contributed by atoms with Gasteiger partial charge in [0.1, 0.15) is 0 Å². The Hall–Kier alpha value is -2.64. The number of aryl methyl sites for hydroxylation is 1. The first-order valence-electron chi connectivity index (χ1n) is 7.00. The third-order valence-corrected chi connectivity index (χ3v) is 3.65. The molecule has 3 heterocycles. The number of hydrogen-bond donors (Lipinski definition) is 1. The van der Waals surface area contributed by atoms with E-state index in [-0.39, 0.29) is 18.9 Å². The monoisotopic (exact) mass is 305 g/mol. The highest BCUT2D eigenvalue weighted by atomic mass is 16.5. The van der Waals surface area contributed by atoms with Crippen molar-refractivity contribution in [3.63, 3.8) is 0 Å². The number of amides is 1. The van der Waals surface area contributed by atoms with Crippen LogP contribution in [0.2, 0.25) is 0 Å². The van der Waals surface area contributed by atoms with Crippen molar-refractivity contribution in [3.05, 3.63) is 24.3 Å². The van der Waals surface area contributed by atoms with Crippen LogP contribution in [0.4, 0.5) is 0 Å². The zero-order valence-electron chi connectivity index (χ0n) is 11.8. The Bertz CT molecular complexity index is 664. The van der Waals surface area contributed by atoms with Crippen LogP contribution in [0.1, 0.15) is 18.7 Å². The summed E-state index contributed by atoms with van der Waals surface area (Å²) in [5.41, 5.74) is 0. The number of hydrogen-bond acceptors (Lipinski definition) is 6. The van der Waals surface area contributed by atoms with E-state index in [1.165, 1.54) is 6.26 Å². The van der Waals surface area contributed by atoms with Crippen molar-refractivity contribution in [2.75, 3.05) is 13.1 Å². The quantitative estimate of drug-likeness (QED) is 0.883. The average Bonchev–Trinajstić information content (AvgIpc) is 3.23. The second-order valence-corrected chi connectivity index (χ2v) is 5.15. The summed E-state index contributed by atoms with van der Waals surface area (Å²) in [6.07, 6.45) is 2.55. The molecular weight excluding hydrogens is 290 g/mol. The summed E-state index contributed by atoms with van der Waals surface area (Å²) in [6.45, 7) is 0.757. The van der Waals surface area contributed by atoms with E-state index in [9.17, 15) is 9.59 Å². The van der Waals surface area contributed by atoms with E-state index in [1.54, 1.807) is 17.0 Å². The van der Waals surface area contributed by atoms with Gasteiger partial charge in [-0.05, 0) is 18.6 Å². The largest absolute Gasteiger partial charge is 0.481 e. The molecule has 3 rings (SSSR count). The lowest BCUT2D eigenvalue weighted by atomic mass is 10.1. The second-order valence-electron chi connectivity index (χ2n) is 5.15. The summed E-state index contributed by atoms with van der Waals surface area (Å²) in [4.78, 5) is 28.7. The molecule has 1 saturated heterocycles. The summed E-state index contributed by atoms with van der Waals surface area (Å²) in [5.74, 6) is -0.201. The molecule has 1 amide bonds. The minimum Gasteiger partial charge on any atom is -0.481 e. The van der Waals surface area contributed by atoms with E-state index >= 15 is 0 Å². The summed E-state index contributed by atoms with van der Waals surface area (Å²) < 4.78 is 10.2. The lowest BCUT2D eigenvalue weighted by molar-refractivity contribution is -0.141. The Kier molecular flexibility index (Phi) is 3.90. The predicted molar refractivity (Wildman–Crippen MR) is 72.6 cm³/mol. The minimum absolute atomic E-state index is 0.0958. The van der Waals surface area contributed by atoms with Gasteiger partial charge >= 0.3 is 5.97 Å². The molecule has 1 unspecified atom stereocenters. The molecule has 0 aromatic carbocycles. The number of nitrogens with zero attached hydrogens (tertiary/aromatic N) is 3. The van der Waals surface area contributed by atoms with Gasteiger partial charge in [-0.2, -0.15) is 4.98 Å². The number of rotatable bonds is 5. The van der Waals surface area contributed by atoms with Crippen molar-refractivity contribution in [1.29, 1.82) is 0 Å². The maximum atomic E-state index is 12.0. The number of aliphatic carboxylic acids is 1. The summed E-state index contributed by atoms with van der Waals surface area (Å²) in [6, 6.07) is 3.44. The van der Waals surface area contributed by atoms with Crippen molar-refractivity contribution in [2.24, 2.45) is 5.92 Å². The van der Waals surface area contributed by atoms with Crippen LogP contribution in [0.5, 0.6) is 0 Å². The zero-order valence-corrected chi connectivity index (χ0v) is 11.8. The number of carboxylic acid groups (broad SMARTS) is 1. The molecule has 116 valence electrons. The first-order chi connectivity index (χ1) is 10.6. The number of carboxylic acids is 1. The zero-order chi connectivity index (χ0) is 15.5. The fourth-order valence-electron chi connectivity index (χ4n) is 2.42. The van der Waals surface area contributed by atoms with Crippen molar-refractivity contribution in [1.82, 2.24) is 15.0 Å². The van der Waals surface area contributed by atoms with Crippen molar-refractivity contribution in [2.45, 2.75) is 19.3 Å². The number of aromatic nitrogens is 2. The van der Waals surface area contributed by atoms with Gasteiger partial charge < -0.3 is 18.9 Å². The molecule has 0 aliphatic carbocycles. The normalized spacial score (nSPS) is 17.8. The Labute approximate surface area is 125 Å². The van der Waals surface area contributed by atoms with Crippen LogP contribution in [0, 0.1) is 5.92 Å². The van der Waals surface area contributed by atoms with Crippen LogP contribution in [0.15, 0.2) is 27.3 Å². The van der Waals surface area contributed by atoms with E-state index in [0.717, 1.165) is 0 Å². The van der Waals surface area contributed by atoms with Gasteiger partial charge in [-0.25, -0.2) is 0 Å². The summed E-state index contributed by atoms with van der Waals surface area (Å²) in [5, 5.41) is 12.7. The standard InChI is InChI=1S/C14H15N3O5/c18-12(17-6-5-9(8-17)14(19)20)4-3-11-15-13(16-22-11)10-2-1-7-21-10/h1-2,7,9H,3-6,8H2,(H,19,20). The Morgan fingerprint density at radius 1 is 1.45 bits per heavy atom. The summed E-state index contributed by atoms with van der Waals surface area (Å²) >= 11 is 0. The van der Waals surface area contributed by atoms with Gasteiger partial charge in [0.25, 0.3) is 0 Å². The smallest absolute Gasteiger partial charge is 0.308 e. The van der Waals surface area contributed by atoms with E-state index in [0.29, 0.717) is 36.9 Å². The molecule has 2 aromatic rings. The first-order valence-corrected chi connectivity index (χ1v) is 7.00. The second kappa shape index (κ2) is 6.00. The maximum Gasteiger partial charge on any atom is 0.308 e. The van der Waals surface area contributed by atoms with Crippen molar-refractivity contribution in [3.8, 4) is 11.6 Å². The molecule has 2 aromatic heterocycles. The molecule has 1 atom stereocenters. The Morgan fingerprint density at radius 3 is 3.00 bits per heavy atom. The lowest BCUT2D eigenvalue weighted by Gasteiger charge is -2.14. The third-order valence-electron chi connectivity index (χ3n) is 3.65. The minimum atomic E-state index is -0.852. The van der Waals surface area contributed by atoms with Gasteiger partial charge in [0.05, 0.1) is 12.2 Å². The molecule has 1 fully saturated rings. The molecule has 0 radical (unpaired) electrons. The fourth-order valence-corrected chi connectivity index (χ4v) is 2.42. The number of likely N-dealkylation sites (tertiary alicyclic amines) is 1. The van der Waals surface area contributed by atoms with Gasteiger partial charge in [0.2, 0.25) is 17.6 Å². The van der Waals surface area contributed by atoms with Crippen LogP contribution in [-0.4, -0.2) is 45.1 Å². The van der Waals surface area contributed by atoms with E-state index < -0.39 is 11.9 Å². The van der Waals surface area contributed by atoms with Crippen LogP contribution in [0.3, 0.4) is 0 Å². The van der Waals surface area contributed by atoms with Gasteiger partial charge in [0, 0.05) is 25.9 Å². The molecule has 0 saturated carbocycles. The molecule has 0 bridgehead atoms. The van der Waals surface area contributed by atoms with E-state index in [4.69, 9.17) is 14.0 Å². The number of furan rings is 1. The Balaban J connectivity index is 1.52. The number of carbonyl (C=O) groups is 2. The Morgan fingerprint density at radius 2 is 2.32 bits per heavy atom. The summed E-state index contributed by atoms with van der Waals surface area (Å²) in [7, 11) is 0. The SMILES string of the molecule is O=C(O)C1CCN(C(=O)CCc2nc(-c3ccco3)no2)C1. The van der Waals surface area contributed by atoms with Crippen LogP contribution in [0.25, 0.3) is 11.6 Å². The maximum absolute atomic E-state index is 12.0. The van der Waals surface area contributed by atoms with Crippen molar-refractivity contribution < 1.29 is 23.6 Å². The van der Waals surface area contributed by atoms with Gasteiger partial charge in [-0.15, -0.1) is 0 Å². The lowest BCUT2D eigenvalue weighted by Crippen LogP contribution is -2.30. The molecule has 1 aliphatic rings. The third kappa shape index (κ3) is 3.00. The average molecular weight is 305 g/mol. The van der Waals surface area contributed by atoms with Crippen LogP contribution < -0.4 is 0 Å². The molecule has 22 heavy (non-hydrogen) atoms. The highest BCUT2D eigenvalue weighted by Gasteiger charge is 2.30. The highest BCUT2D eigenvalue weighted by Crippen LogP contribution is 2.19. The molecule has 1 N–H and O–H groups in total. The molecule has 8 nitrogen and oxygen atoms in total. The van der Waals surface area contributed by atoms with Gasteiger partial charge in [-0.1, -0.05) is 5.16 Å². The van der Waals surface area contributed by atoms with Crippen LogP contribution >= 0.6 is 0 Å². The fraction of sp³-hybridized carbons (Fsp3) is 0.429. The van der Waals surface area contributed by atoms with E-state index in [1.807, 2.05) is 0 Å². The molecule has 0 spiro atoms. The predicted octanol–water partition coefficient (Wildman–Crippen LogP) is 1.20. The first kappa shape index (κ1) is 14.3. The molecule has 8 heteroatoms. The van der Waals surface area contributed by atoms with Crippen LogP contribution in [-0.2, 0) is 16.0 Å². The highest BCUT2D eigenvalue weighted by molar-refractivity contribution is 5.78. The molecule has 1 aliphatic heterocycles. The van der Waals surface area contributed by atoms with Gasteiger partial charge in [-0.3, -0.25) is 9.59 Å². The van der Waals surface area contributed by atoms with E-state index in [2.05, 4.69) is 10.1 Å². The van der Waals surface area contributed by atoms with Gasteiger partial charge in [0.15, 0.2) is 5.76 Å². The number of carbonyl (C=O) groups excluding carboxylic acids is 1. The topological polar surface area (TPSA) is 110 Å². The molecular formula is C14H15N3O5. The van der Waals surface area contributed by atoms with Crippen molar-refractivity contribution >= 4 is 11.9 Å².